The summed E-state index contributed by atoms with van der Waals surface area (Å²) >= 11 is 0. The van der Waals surface area contributed by atoms with Crippen molar-refractivity contribution >= 4 is 5.97 Å². The van der Waals surface area contributed by atoms with E-state index in [1.807, 2.05) is 19.9 Å². The summed E-state index contributed by atoms with van der Waals surface area (Å²) in [7, 11) is 0. The van der Waals surface area contributed by atoms with Crippen molar-refractivity contribution in [2.24, 2.45) is 22.7 Å². The molecule has 0 aliphatic heterocycles. The highest BCUT2D eigenvalue weighted by Crippen LogP contribution is 2.67. The van der Waals surface area contributed by atoms with Gasteiger partial charge in [0.2, 0.25) is 0 Å². The van der Waals surface area contributed by atoms with Gasteiger partial charge in [0.05, 0.1) is 12.4 Å². The number of esters is 1. The number of fused-ring (bicyclic) bond motifs is 4. The van der Waals surface area contributed by atoms with Crippen LogP contribution in [0.2, 0.25) is 0 Å². The lowest BCUT2D eigenvalue weighted by Gasteiger charge is -2.68. The van der Waals surface area contributed by atoms with Gasteiger partial charge in [-0.25, -0.2) is 0 Å². The second kappa shape index (κ2) is 5.84. The molecule has 1 aromatic rings. The average Bonchev–Trinajstić information content (AvgIpc) is 3.04. The molecule has 5 heteroatoms. The standard InChI is InChI=1S/C22H32O5/c1-12-14-7-10-26-16(14)11-15-17(12)18(24)19(27-13(2)23)22(25)20(3,4)8-6-9-21(15,22)5/h7,10,12,15,17-19,24-25H,6,8-9,11H2,1-5H3. The van der Waals surface area contributed by atoms with E-state index in [4.69, 9.17) is 9.15 Å². The summed E-state index contributed by atoms with van der Waals surface area (Å²) in [5.41, 5.74) is -1.12. The monoisotopic (exact) mass is 376 g/mol. The van der Waals surface area contributed by atoms with Crippen molar-refractivity contribution in [2.75, 3.05) is 0 Å². The van der Waals surface area contributed by atoms with Crippen molar-refractivity contribution in [1.29, 1.82) is 0 Å². The molecule has 0 bridgehead atoms. The Morgan fingerprint density at radius 1 is 1.30 bits per heavy atom. The van der Waals surface area contributed by atoms with Crippen molar-refractivity contribution in [2.45, 2.75) is 84.0 Å². The van der Waals surface area contributed by atoms with Crippen LogP contribution in [0.3, 0.4) is 0 Å². The Morgan fingerprint density at radius 3 is 2.67 bits per heavy atom. The van der Waals surface area contributed by atoms with Crippen LogP contribution < -0.4 is 0 Å². The summed E-state index contributed by atoms with van der Waals surface area (Å²) in [6.45, 7) is 9.68. The first-order valence-corrected chi connectivity index (χ1v) is 10.2. The van der Waals surface area contributed by atoms with Crippen LogP contribution >= 0.6 is 0 Å². The molecule has 150 valence electrons. The lowest BCUT2D eigenvalue weighted by Crippen LogP contribution is -2.76. The molecule has 0 aromatic carbocycles. The van der Waals surface area contributed by atoms with Gasteiger partial charge in [-0.05, 0) is 47.6 Å². The summed E-state index contributed by atoms with van der Waals surface area (Å²) in [5, 5.41) is 23.6. The molecule has 0 spiro atoms. The van der Waals surface area contributed by atoms with E-state index in [0.717, 1.165) is 30.6 Å². The van der Waals surface area contributed by atoms with Crippen molar-refractivity contribution in [3.05, 3.63) is 23.7 Å². The van der Waals surface area contributed by atoms with Crippen molar-refractivity contribution in [3.8, 4) is 0 Å². The van der Waals surface area contributed by atoms with Crippen LogP contribution in [0.25, 0.3) is 0 Å². The van der Waals surface area contributed by atoms with Gasteiger partial charge in [0.25, 0.3) is 0 Å². The zero-order valence-electron chi connectivity index (χ0n) is 17.0. The highest BCUT2D eigenvalue weighted by atomic mass is 16.6. The minimum absolute atomic E-state index is 0.0672. The van der Waals surface area contributed by atoms with Crippen LogP contribution in [0, 0.1) is 22.7 Å². The van der Waals surface area contributed by atoms with Crippen LogP contribution in [-0.2, 0) is 16.0 Å². The Bertz CT molecular complexity index is 752. The number of ether oxygens (including phenoxy) is 1. The summed E-state index contributed by atoms with van der Waals surface area (Å²) in [6.07, 6.45) is 3.28. The fourth-order valence-corrected chi connectivity index (χ4v) is 7.01. The molecule has 3 aliphatic rings. The van der Waals surface area contributed by atoms with Gasteiger partial charge in [0, 0.05) is 18.8 Å². The molecule has 1 heterocycles. The molecule has 2 fully saturated rings. The summed E-state index contributed by atoms with van der Waals surface area (Å²) < 4.78 is 11.4. The number of furan rings is 1. The molecular formula is C22H32O5. The summed E-state index contributed by atoms with van der Waals surface area (Å²) in [6, 6.07) is 1.98. The molecule has 0 amide bonds. The first-order valence-electron chi connectivity index (χ1n) is 10.2. The van der Waals surface area contributed by atoms with Crippen molar-refractivity contribution in [1.82, 2.24) is 0 Å². The van der Waals surface area contributed by atoms with E-state index in [9.17, 15) is 15.0 Å². The van der Waals surface area contributed by atoms with Gasteiger partial charge in [-0.2, -0.15) is 0 Å². The molecule has 4 rings (SSSR count). The van der Waals surface area contributed by atoms with Gasteiger partial charge < -0.3 is 19.4 Å². The van der Waals surface area contributed by atoms with Gasteiger partial charge in [0.15, 0.2) is 6.10 Å². The number of aliphatic hydroxyl groups excluding tert-OH is 1. The number of hydrogen-bond acceptors (Lipinski definition) is 5. The number of carbonyl (C=O) groups excluding carboxylic acids is 1. The minimum Gasteiger partial charge on any atom is -0.469 e. The molecule has 0 radical (unpaired) electrons. The molecule has 7 unspecified atom stereocenters. The predicted octanol–water partition coefficient (Wildman–Crippen LogP) is 3.43. The maximum absolute atomic E-state index is 12.2. The lowest BCUT2D eigenvalue weighted by atomic mass is 9.40. The third kappa shape index (κ3) is 2.27. The molecule has 3 aliphatic carbocycles. The zero-order valence-corrected chi connectivity index (χ0v) is 17.0. The predicted molar refractivity (Wildman–Crippen MR) is 100 cm³/mol. The van der Waals surface area contributed by atoms with Gasteiger partial charge in [-0.1, -0.05) is 34.1 Å². The molecule has 27 heavy (non-hydrogen) atoms. The molecule has 5 nitrogen and oxygen atoms in total. The SMILES string of the molecule is CC(=O)OC1C(O)C2C(C)c3ccoc3CC2C2(C)CCCC(C)(C)C12O. The summed E-state index contributed by atoms with van der Waals surface area (Å²) in [4.78, 5) is 11.9. The molecule has 2 N–H and O–H groups in total. The normalized spacial score (nSPS) is 45.4. The van der Waals surface area contributed by atoms with Crippen molar-refractivity contribution < 1.29 is 24.2 Å². The molecule has 2 saturated carbocycles. The van der Waals surface area contributed by atoms with E-state index in [0.29, 0.717) is 6.42 Å². The molecule has 7 atom stereocenters. The Hall–Kier alpha value is -1.33. The van der Waals surface area contributed by atoms with E-state index in [1.165, 1.54) is 6.92 Å². The molecule has 0 saturated heterocycles. The molecular weight excluding hydrogens is 344 g/mol. The Morgan fingerprint density at radius 2 is 2.00 bits per heavy atom. The second-order valence-corrected chi connectivity index (χ2v) is 9.92. The van der Waals surface area contributed by atoms with Crippen LogP contribution in [0.15, 0.2) is 16.7 Å². The van der Waals surface area contributed by atoms with Gasteiger partial charge in [-0.3, -0.25) is 4.79 Å². The Balaban J connectivity index is 1.91. The third-order valence-corrected chi connectivity index (χ3v) is 8.35. The average molecular weight is 376 g/mol. The third-order valence-electron chi connectivity index (χ3n) is 8.35. The molecule has 1 aromatic heterocycles. The number of aliphatic hydroxyl groups is 2. The van der Waals surface area contributed by atoms with E-state index in [1.54, 1.807) is 6.26 Å². The van der Waals surface area contributed by atoms with Gasteiger partial charge in [0.1, 0.15) is 11.4 Å². The van der Waals surface area contributed by atoms with Crippen LogP contribution in [0.5, 0.6) is 0 Å². The van der Waals surface area contributed by atoms with Crippen LogP contribution in [-0.4, -0.2) is 34.0 Å². The first kappa shape index (κ1) is 19.0. The van der Waals surface area contributed by atoms with E-state index >= 15 is 0 Å². The van der Waals surface area contributed by atoms with Crippen LogP contribution in [0.4, 0.5) is 0 Å². The Labute approximate surface area is 161 Å². The highest BCUT2D eigenvalue weighted by Gasteiger charge is 2.72. The fraction of sp³-hybridized carbons (Fsp3) is 0.773. The topological polar surface area (TPSA) is 79.9 Å². The fourth-order valence-electron chi connectivity index (χ4n) is 7.01. The van der Waals surface area contributed by atoms with E-state index in [2.05, 4.69) is 13.8 Å². The summed E-state index contributed by atoms with van der Waals surface area (Å²) in [5.74, 6) is 0.573. The lowest BCUT2D eigenvalue weighted by molar-refractivity contribution is -0.316. The zero-order chi connectivity index (χ0) is 19.8. The quantitative estimate of drug-likeness (QED) is 0.734. The van der Waals surface area contributed by atoms with Gasteiger partial charge in [-0.15, -0.1) is 0 Å². The first-order chi connectivity index (χ1) is 12.5. The Kier molecular flexibility index (Phi) is 4.11. The number of carbonyl (C=O) groups is 1. The maximum atomic E-state index is 12.2. The van der Waals surface area contributed by atoms with Gasteiger partial charge >= 0.3 is 5.97 Å². The smallest absolute Gasteiger partial charge is 0.303 e. The highest BCUT2D eigenvalue weighted by molar-refractivity contribution is 5.66. The van der Waals surface area contributed by atoms with E-state index in [-0.39, 0.29) is 17.8 Å². The minimum atomic E-state index is -1.30. The van der Waals surface area contributed by atoms with Crippen LogP contribution in [0.1, 0.15) is 71.1 Å². The van der Waals surface area contributed by atoms with Crippen molar-refractivity contribution in [3.63, 3.8) is 0 Å². The second-order valence-electron chi connectivity index (χ2n) is 9.92. The number of hydrogen-bond donors (Lipinski definition) is 2. The largest absolute Gasteiger partial charge is 0.469 e. The maximum Gasteiger partial charge on any atom is 0.303 e. The van der Waals surface area contributed by atoms with E-state index < -0.39 is 34.6 Å². The number of rotatable bonds is 1.